The van der Waals surface area contributed by atoms with Crippen LogP contribution in [0.5, 0.6) is 0 Å². The van der Waals surface area contributed by atoms with Gasteiger partial charge in [0.25, 0.3) is 0 Å². The highest BCUT2D eigenvalue weighted by Crippen LogP contribution is 2.32. The van der Waals surface area contributed by atoms with E-state index in [9.17, 15) is 0 Å². The summed E-state index contributed by atoms with van der Waals surface area (Å²) in [6, 6.07) is 1.14. The van der Waals surface area contributed by atoms with Crippen molar-refractivity contribution < 1.29 is 14.6 Å². The summed E-state index contributed by atoms with van der Waals surface area (Å²) in [7, 11) is 2.14. The number of ether oxygens (including phenoxy) is 2. The van der Waals surface area contributed by atoms with E-state index in [1.165, 1.54) is 12.8 Å². The summed E-state index contributed by atoms with van der Waals surface area (Å²) in [5.74, 6) is 0. The lowest BCUT2D eigenvalue weighted by Crippen LogP contribution is -2.47. The van der Waals surface area contributed by atoms with Crippen molar-refractivity contribution in [1.29, 1.82) is 0 Å². The molecule has 0 bridgehead atoms. The molecule has 1 unspecified atom stereocenters. The third-order valence-corrected chi connectivity index (χ3v) is 7.82. The molecular formula is C17H31NO3Si. The average Bonchev–Trinajstić information content (AvgIpc) is 2.81. The fourth-order valence-electron chi connectivity index (χ4n) is 2.86. The van der Waals surface area contributed by atoms with Crippen LogP contribution in [-0.2, 0) is 9.47 Å². The number of methoxy groups -OCH3 is 2. The highest BCUT2D eigenvalue weighted by molar-refractivity contribution is 6.62. The first-order chi connectivity index (χ1) is 10.7. The molecular weight excluding hydrogens is 294 g/mol. The monoisotopic (exact) mass is 325 g/mol. The molecule has 1 atom stereocenters. The first kappa shape index (κ1) is 19.2. The first-order valence-corrected chi connectivity index (χ1v) is 10.4. The minimum absolute atomic E-state index is 0.293. The van der Waals surface area contributed by atoms with Crippen LogP contribution < -0.4 is 0 Å². The van der Waals surface area contributed by atoms with Gasteiger partial charge in [0.1, 0.15) is 14.2 Å². The van der Waals surface area contributed by atoms with E-state index < -0.39 is 8.80 Å². The van der Waals surface area contributed by atoms with Crippen LogP contribution in [0.4, 0.5) is 0 Å². The Balaban J connectivity index is 0.000000220. The molecule has 0 spiro atoms. The molecule has 0 saturated carbocycles. The molecule has 2 aliphatic rings. The number of allylic oxidation sites excluding steroid dienone is 4. The Morgan fingerprint density at radius 3 is 2.23 bits per heavy atom. The Kier molecular flexibility index (Phi) is 9.39. The van der Waals surface area contributed by atoms with Crippen LogP contribution in [0.1, 0.15) is 32.6 Å². The molecule has 1 N–H and O–H groups in total. The van der Waals surface area contributed by atoms with E-state index in [4.69, 9.17) is 14.6 Å². The van der Waals surface area contributed by atoms with Crippen LogP contribution >= 0.6 is 0 Å². The van der Waals surface area contributed by atoms with E-state index in [0.717, 1.165) is 25.4 Å². The minimum Gasteiger partial charge on any atom is -0.400 e. The molecule has 0 aromatic heterocycles. The fraction of sp³-hybridized carbons (Fsp3) is 0.647. The van der Waals surface area contributed by atoms with Crippen molar-refractivity contribution in [1.82, 2.24) is 4.90 Å². The molecule has 0 aromatic carbocycles. The molecule has 2 aliphatic heterocycles. The van der Waals surface area contributed by atoms with E-state index in [0.29, 0.717) is 6.23 Å². The molecule has 5 heteroatoms. The van der Waals surface area contributed by atoms with Crippen molar-refractivity contribution in [2.75, 3.05) is 27.0 Å². The first-order valence-electron chi connectivity index (χ1n) is 8.21. The topological polar surface area (TPSA) is 41.9 Å². The van der Waals surface area contributed by atoms with Crippen molar-refractivity contribution in [3.63, 3.8) is 0 Å². The summed E-state index contributed by atoms with van der Waals surface area (Å²) in [6.45, 7) is 3.34. The predicted molar refractivity (Wildman–Crippen MR) is 94.1 cm³/mol. The quantitative estimate of drug-likeness (QED) is 0.602. The van der Waals surface area contributed by atoms with E-state index in [1.807, 2.05) is 12.2 Å². The number of aliphatic hydroxyl groups excluding tert-OH is 1. The summed E-state index contributed by atoms with van der Waals surface area (Å²) >= 11 is 0. The van der Waals surface area contributed by atoms with Crippen molar-refractivity contribution in [3.05, 3.63) is 36.7 Å². The Morgan fingerprint density at radius 1 is 1.14 bits per heavy atom. The SMILES string of the molecule is CCCCN1C=CC=CC=C1.COC1(OC)CCC[SiH]1CO. The predicted octanol–water partition coefficient (Wildman–Crippen LogP) is 2.75. The van der Waals surface area contributed by atoms with Gasteiger partial charge < -0.3 is 19.5 Å². The van der Waals surface area contributed by atoms with E-state index in [-0.39, 0.29) is 5.41 Å². The van der Waals surface area contributed by atoms with Crippen LogP contribution in [0.15, 0.2) is 36.7 Å². The second-order valence-corrected chi connectivity index (χ2v) is 8.87. The Morgan fingerprint density at radius 2 is 1.77 bits per heavy atom. The maximum atomic E-state index is 9.07. The molecule has 22 heavy (non-hydrogen) atoms. The van der Waals surface area contributed by atoms with Gasteiger partial charge in [-0.2, -0.15) is 0 Å². The fourth-order valence-corrected chi connectivity index (χ4v) is 5.73. The van der Waals surface area contributed by atoms with Gasteiger partial charge in [0.05, 0.1) is 0 Å². The van der Waals surface area contributed by atoms with E-state index in [1.54, 1.807) is 14.2 Å². The van der Waals surface area contributed by atoms with Gasteiger partial charge in [-0.3, -0.25) is 0 Å². The zero-order valence-electron chi connectivity index (χ0n) is 14.2. The normalized spacial score (nSPS) is 22.4. The number of aliphatic hydroxyl groups is 1. The van der Waals surface area contributed by atoms with Gasteiger partial charge in [0, 0.05) is 39.4 Å². The molecule has 0 aromatic rings. The Hall–Kier alpha value is -0.883. The molecule has 2 heterocycles. The molecule has 126 valence electrons. The third kappa shape index (κ3) is 5.72. The highest BCUT2D eigenvalue weighted by Gasteiger charge is 2.44. The van der Waals surface area contributed by atoms with Crippen LogP contribution in [0, 0.1) is 0 Å². The zero-order chi connectivity index (χ0) is 16.3. The van der Waals surface area contributed by atoms with Crippen LogP contribution in [0.3, 0.4) is 0 Å². The number of rotatable bonds is 6. The summed E-state index contributed by atoms with van der Waals surface area (Å²) in [6.07, 6.45) is 17.3. The lowest BCUT2D eigenvalue weighted by Gasteiger charge is -2.30. The van der Waals surface area contributed by atoms with E-state index >= 15 is 0 Å². The van der Waals surface area contributed by atoms with Crippen molar-refractivity contribution >= 4 is 8.80 Å². The van der Waals surface area contributed by atoms with Crippen molar-refractivity contribution in [2.45, 2.75) is 44.1 Å². The highest BCUT2D eigenvalue weighted by atomic mass is 28.3. The minimum atomic E-state index is -1.20. The Labute approximate surface area is 136 Å². The number of unbranched alkanes of at least 4 members (excludes halogenated alkanes) is 1. The maximum Gasteiger partial charge on any atom is 0.150 e. The number of hydrogen-bond donors (Lipinski definition) is 1. The molecule has 0 radical (unpaired) electrons. The number of hydrogen-bond acceptors (Lipinski definition) is 4. The van der Waals surface area contributed by atoms with Crippen molar-refractivity contribution in [3.8, 4) is 0 Å². The van der Waals surface area contributed by atoms with Crippen LogP contribution in [-0.4, -0.2) is 51.2 Å². The largest absolute Gasteiger partial charge is 0.400 e. The van der Waals surface area contributed by atoms with Gasteiger partial charge in [0.2, 0.25) is 0 Å². The average molecular weight is 326 g/mol. The van der Waals surface area contributed by atoms with Crippen LogP contribution in [0.25, 0.3) is 0 Å². The van der Waals surface area contributed by atoms with E-state index in [2.05, 4.69) is 36.4 Å². The second kappa shape index (κ2) is 10.8. The van der Waals surface area contributed by atoms with Crippen molar-refractivity contribution in [2.24, 2.45) is 0 Å². The smallest absolute Gasteiger partial charge is 0.150 e. The van der Waals surface area contributed by atoms with Gasteiger partial charge in [0.15, 0.2) is 0 Å². The summed E-state index contributed by atoms with van der Waals surface area (Å²) in [5.41, 5.74) is -0.366. The molecule has 1 saturated heterocycles. The molecule has 4 nitrogen and oxygen atoms in total. The van der Waals surface area contributed by atoms with Gasteiger partial charge in [-0.1, -0.05) is 38.0 Å². The zero-order valence-corrected chi connectivity index (χ0v) is 15.4. The summed E-state index contributed by atoms with van der Waals surface area (Å²) in [5, 5.41) is 9.07. The standard InChI is InChI=1S/C10H15N.C7H16O3Si/c1-2-3-8-11-9-6-4-5-7-10-11;1-9-7(10-2)4-3-5-11(7)6-8/h4-7,9-10H,2-3,8H2,1H3;8,11H,3-6H2,1-2H3. The summed E-state index contributed by atoms with van der Waals surface area (Å²) < 4.78 is 10.7. The van der Waals surface area contributed by atoms with Gasteiger partial charge in [-0.05, 0) is 25.0 Å². The molecule has 1 fully saturated rings. The molecule has 0 aliphatic carbocycles. The van der Waals surface area contributed by atoms with Crippen LogP contribution in [0.2, 0.25) is 6.04 Å². The summed E-state index contributed by atoms with van der Waals surface area (Å²) in [4.78, 5) is 2.21. The maximum absolute atomic E-state index is 9.07. The van der Waals surface area contributed by atoms with Gasteiger partial charge in [-0.25, -0.2) is 0 Å². The lowest BCUT2D eigenvalue weighted by atomic mass is 10.3. The third-order valence-electron chi connectivity index (χ3n) is 4.27. The Bertz CT molecular complexity index is 362. The van der Waals surface area contributed by atoms with Gasteiger partial charge >= 0.3 is 0 Å². The number of nitrogens with zero attached hydrogens (tertiary/aromatic N) is 1. The molecule has 0 amide bonds. The van der Waals surface area contributed by atoms with Gasteiger partial charge in [-0.15, -0.1) is 0 Å². The second-order valence-electron chi connectivity index (χ2n) is 5.65. The lowest BCUT2D eigenvalue weighted by molar-refractivity contribution is -0.147. The molecule has 2 rings (SSSR count).